The lowest BCUT2D eigenvalue weighted by molar-refractivity contribution is -0.138. The molecule has 9 heteroatoms. The van der Waals surface area contributed by atoms with Gasteiger partial charge in [-0.1, -0.05) is 0 Å². The summed E-state index contributed by atoms with van der Waals surface area (Å²) >= 11 is 0. The largest absolute Gasteiger partial charge is 0.480 e. The highest BCUT2D eigenvalue weighted by atomic mass is 31.2. The van der Waals surface area contributed by atoms with E-state index in [2.05, 4.69) is 15.8 Å². The number of hydroxylamine groups is 1. The topological polar surface area (TPSA) is 142 Å². The van der Waals surface area contributed by atoms with Gasteiger partial charge in [-0.25, -0.2) is 10.1 Å². The van der Waals surface area contributed by atoms with Gasteiger partial charge in [-0.2, -0.15) is 5.48 Å². The second-order valence-electron chi connectivity index (χ2n) is 1.74. The van der Waals surface area contributed by atoms with Crippen molar-refractivity contribution < 1.29 is 29.1 Å². The summed E-state index contributed by atoms with van der Waals surface area (Å²) in [7, 11) is -4.14. The van der Waals surface area contributed by atoms with Crippen molar-refractivity contribution in [3.8, 4) is 0 Å². The molecule has 0 saturated carbocycles. The first-order valence-corrected chi connectivity index (χ1v) is 4.86. The quantitative estimate of drug-likeness (QED) is 0.220. The zero-order valence-electron chi connectivity index (χ0n) is 7.01. The summed E-state index contributed by atoms with van der Waals surface area (Å²) in [5.41, 5.74) is 6.26. The maximum atomic E-state index is 9.73. The number of hydrogen-bond acceptors (Lipinski definition) is 4. The van der Waals surface area contributed by atoms with Crippen LogP contribution < -0.4 is 11.0 Å². The average molecular weight is 216 g/mol. The first-order chi connectivity index (χ1) is 5.77. The number of aliphatic carboxylic acids is 1. The number of carboxylic acid groups (broad SMARTS) is 1. The van der Waals surface area contributed by atoms with E-state index >= 15 is 0 Å². The third-order valence-corrected chi connectivity index (χ3v) is 0.470. The molecule has 13 heavy (non-hydrogen) atoms. The van der Waals surface area contributed by atoms with Crippen molar-refractivity contribution in [1.29, 1.82) is 0 Å². The van der Waals surface area contributed by atoms with Gasteiger partial charge < -0.3 is 19.7 Å². The van der Waals surface area contributed by atoms with Gasteiger partial charge in [0.1, 0.15) is 6.54 Å². The van der Waals surface area contributed by atoms with Gasteiger partial charge in [-0.15, -0.1) is 0 Å². The fourth-order valence-corrected chi connectivity index (χ4v) is 0.215. The Hall–Kier alpha value is -0.500. The predicted octanol–water partition coefficient (Wildman–Crippen LogP) is -1.35. The van der Waals surface area contributed by atoms with Crippen molar-refractivity contribution in [3.63, 3.8) is 0 Å². The molecule has 80 valence electrons. The Balaban J connectivity index is 0. The van der Waals surface area contributed by atoms with Crippen LogP contribution >= 0.6 is 7.75 Å². The molecule has 0 aromatic rings. The van der Waals surface area contributed by atoms with Gasteiger partial charge in [-0.3, -0.25) is 4.79 Å². The van der Waals surface area contributed by atoms with Crippen molar-refractivity contribution >= 4 is 13.7 Å². The lowest BCUT2D eigenvalue weighted by atomic mass is 10.7. The number of nitrogens with one attached hydrogen (secondary N) is 1. The molecular weight excluding hydrogens is 203 g/mol. The van der Waals surface area contributed by atoms with E-state index in [9.17, 15) is 4.79 Å². The van der Waals surface area contributed by atoms with Crippen LogP contribution in [-0.4, -0.2) is 34.0 Å². The fraction of sp³-hybridized carbons (Fsp3) is 0.750. The second kappa shape index (κ2) is 8.11. The van der Waals surface area contributed by atoms with Crippen molar-refractivity contribution in [3.05, 3.63) is 0 Å². The molecule has 0 amide bonds. The van der Waals surface area contributed by atoms with E-state index in [-0.39, 0.29) is 6.54 Å². The zero-order chi connectivity index (χ0) is 10.9. The van der Waals surface area contributed by atoms with E-state index in [1.165, 1.54) is 0 Å². The molecule has 0 aliphatic heterocycles. The Morgan fingerprint density at radius 1 is 1.62 bits per heavy atom. The Labute approximate surface area is 74.9 Å². The van der Waals surface area contributed by atoms with Crippen LogP contribution in [0.25, 0.3) is 0 Å². The summed E-state index contributed by atoms with van der Waals surface area (Å²) in [4.78, 5) is 29.1. The summed E-state index contributed by atoms with van der Waals surface area (Å²) in [6, 6.07) is 0. The lowest BCUT2D eigenvalue weighted by Gasteiger charge is -1.96. The minimum Gasteiger partial charge on any atom is -0.480 e. The molecule has 0 aromatic heterocycles. The van der Waals surface area contributed by atoms with Crippen molar-refractivity contribution in [2.24, 2.45) is 5.50 Å². The Morgan fingerprint density at radius 2 is 2.00 bits per heavy atom. The zero-order valence-corrected chi connectivity index (χ0v) is 7.90. The SMILES string of the molecule is CCONCC(=O)O.NP(=O)(O)O. The van der Waals surface area contributed by atoms with Gasteiger partial charge >= 0.3 is 13.7 Å². The molecule has 0 unspecified atom stereocenters. The van der Waals surface area contributed by atoms with Gasteiger partial charge in [0, 0.05) is 0 Å². The van der Waals surface area contributed by atoms with E-state index in [0.29, 0.717) is 6.61 Å². The molecule has 8 nitrogen and oxygen atoms in total. The fourth-order valence-electron chi connectivity index (χ4n) is 0.215. The molecule has 0 radical (unpaired) electrons. The van der Waals surface area contributed by atoms with Gasteiger partial charge in [-0.05, 0) is 6.92 Å². The average Bonchev–Trinajstić information content (AvgIpc) is 1.83. The van der Waals surface area contributed by atoms with Gasteiger partial charge in [0.25, 0.3) is 0 Å². The summed E-state index contributed by atoms with van der Waals surface area (Å²) in [5.74, 6) is -0.918. The summed E-state index contributed by atoms with van der Waals surface area (Å²) in [6.07, 6.45) is 0. The van der Waals surface area contributed by atoms with Gasteiger partial charge in [0.05, 0.1) is 6.61 Å². The van der Waals surface area contributed by atoms with Crippen LogP contribution in [0.2, 0.25) is 0 Å². The summed E-state index contributed by atoms with van der Waals surface area (Å²) in [5, 5.41) is 8.00. The smallest absolute Gasteiger partial charge is 0.397 e. The number of carbonyl (C=O) groups is 1. The van der Waals surface area contributed by atoms with Crippen LogP contribution in [0.3, 0.4) is 0 Å². The normalized spacial score (nSPS) is 10.2. The number of hydrogen-bond donors (Lipinski definition) is 5. The predicted molar refractivity (Wildman–Crippen MR) is 43.5 cm³/mol. The lowest BCUT2D eigenvalue weighted by Crippen LogP contribution is -2.22. The number of carboxylic acids is 1. The first-order valence-electron chi connectivity index (χ1n) is 3.18. The highest BCUT2D eigenvalue weighted by Gasteiger charge is 1.96. The Kier molecular flexibility index (Phi) is 9.36. The molecule has 0 heterocycles. The van der Waals surface area contributed by atoms with E-state index in [0.717, 1.165) is 0 Å². The van der Waals surface area contributed by atoms with Crippen LogP contribution in [0.4, 0.5) is 0 Å². The molecular formula is C4H13N2O6P. The minimum absolute atomic E-state index is 0.145. The van der Waals surface area contributed by atoms with Crippen LogP contribution in [-0.2, 0) is 14.2 Å². The third kappa shape index (κ3) is 51.3. The van der Waals surface area contributed by atoms with E-state index in [1.54, 1.807) is 6.92 Å². The van der Waals surface area contributed by atoms with Crippen LogP contribution in [0.5, 0.6) is 0 Å². The second-order valence-corrected chi connectivity index (χ2v) is 2.92. The molecule has 0 bridgehead atoms. The number of rotatable bonds is 4. The van der Waals surface area contributed by atoms with Crippen molar-refractivity contribution in [2.75, 3.05) is 13.2 Å². The monoisotopic (exact) mass is 216 g/mol. The van der Waals surface area contributed by atoms with Crippen molar-refractivity contribution in [2.45, 2.75) is 6.92 Å². The third-order valence-electron chi connectivity index (χ3n) is 0.470. The molecule has 0 spiro atoms. The number of nitrogens with two attached hydrogens (primary N) is 1. The van der Waals surface area contributed by atoms with E-state index < -0.39 is 13.7 Å². The van der Waals surface area contributed by atoms with Gasteiger partial charge in [0.15, 0.2) is 0 Å². The molecule has 0 aliphatic carbocycles. The van der Waals surface area contributed by atoms with Crippen LogP contribution in [0, 0.1) is 0 Å². The molecule has 0 aromatic carbocycles. The minimum atomic E-state index is -4.14. The first kappa shape index (κ1) is 15.0. The maximum Gasteiger partial charge on any atom is 0.397 e. The van der Waals surface area contributed by atoms with Crippen LogP contribution in [0.15, 0.2) is 0 Å². The van der Waals surface area contributed by atoms with E-state index in [1.807, 2.05) is 0 Å². The highest BCUT2D eigenvalue weighted by Crippen LogP contribution is 2.20. The summed E-state index contributed by atoms with van der Waals surface area (Å²) in [6.45, 7) is 2.11. The Morgan fingerprint density at radius 3 is 2.23 bits per heavy atom. The molecule has 0 rings (SSSR count). The van der Waals surface area contributed by atoms with Crippen LogP contribution in [0.1, 0.15) is 6.92 Å². The molecule has 0 fully saturated rings. The Bertz CT molecular complexity index is 171. The maximum absolute atomic E-state index is 9.73. The molecule has 6 N–H and O–H groups in total. The molecule has 0 saturated heterocycles. The van der Waals surface area contributed by atoms with Gasteiger partial charge in [0.2, 0.25) is 0 Å². The highest BCUT2D eigenvalue weighted by molar-refractivity contribution is 7.49. The molecule has 0 aliphatic rings. The molecule has 0 atom stereocenters. The standard InChI is InChI=1S/C4H9NO3.H4NO3P/c1-2-8-5-3-4(6)7;1-5(2,3)4/h5H,2-3H2,1H3,(H,6,7);(H4,1,2,3,4). The summed E-state index contributed by atoms with van der Waals surface area (Å²) < 4.78 is 9.10. The van der Waals surface area contributed by atoms with Crippen molar-refractivity contribution in [1.82, 2.24) is 5.48 Å². The van der Waals surface area contributed by atoms with E-state index in [4.69, 9.17) is 19.5 Å².